The van der Waals surface area contributed by atoms with Crippen LogP contribution in [0.5, 0.6) is 5.75 Å². The molecule has 0 N–H and O–H groups in total. The lowest BCUT2D eigenvalue weighted by Crippen LogP contribution is -2.00. The summed E-state index contributed by atoms with van der Waals surface area (Å²) in [4.78, 5) is 3.92. The van der Waals surface area contributed by atoms with Crippen molar-refractivity contribution in [2.24, 2.45) is 5.92 Å². The van der Waals surface area contributed by atoms with Crippen LogP contribution in [-0.2, 0) is 0 Å². The molecule has 0 bridgehead atoms. The van der Waals surface area contributed by atoms with Gasteiger partial charge in [0.1, 0.15) is 6.07 Å². The van der Waals surface area contributed by atoms with E-state index in [9.17, 15) is 0 Å². The Morgan fingerprint density at radius 1 is 1.62 bits per heavy atom. The molecule has 1 heterocycles. The van der Waals surface area contributed by atoms with Crippen molar-refractivity contribution in [3.8, 4) is 11.8 Å². The van der Waals surface area contributed by atoms with Crippen LogP contribution in [0.3, 0.4) is 0 Å². The van der Waals surface area contributed by atoms with Crippen molar-refractivity contribution in [1.29, 1.82) is 5.26 Å². The summed E-state index contributed by atoms with van der Waals surface area (Å²) in [5.41, 5.74) is 0.565. The highest BCUT2D eigenvalue weighted by molar-refractivity contribution is 5.40. The van der Waals surface area contributed by atoms with Gasteiger partial charge in [0.05, 0.1) is 18.4 Å². The van der Waals surface area contributed by atoms with Crippen molar-refractivity contribution in [1.82, 2.24) is 4.98 Å². The molecule has 0 aromatic carbocycles. The van der Waals surface area contributed by atoms with Crippen molar-refractivity contribution in [2.45, 2.75) is 12.8 Å². The Hall–Kier alpha value is -1.56. The summed E-state index contributed by atoms with van der Waals surface area (Å²) in [6.07, 6.45) is 5.70. The number of nitriles is 1. The van der Waals surface area contributed by atoms with Gasteiger partial charge in [-0.05, 0) is 24.8 Å². The number of nitrogens with zero attached hydrogens (tertiary/aromatic N) is 2. The maximum atomic E-state index is 8.74. The van der Waals surface area contributed by atoms with Crippen LogP contribution in [0, 0.1) is 17.2 Å². The lowest BCUT2D eigenvalue weighted by Gasteiger charge is -2.04. The van der Waals surface area contributed by atoms with Gasteiger partial charge in [0, 0.05) is 6.20 Å². The third kappa shape index (κ3) is 1.97. The largest absolute Gasteiger partial charge is 0.490 e. The van der Waals surface area contributed by atoms with E-state index in [-0.39, 0.29) is 0 Å². The first-order valence-electron chi connectivity index (χ1n) is 4.37. The van der Waals surface area contributed by atoms with Gasteiger partial charge >= 0.3 is 0 Å². The fraction of sp³-hybridized carbons (Fsp3) is 0.400. The topological polar surface area (TPSA) is 45.9 Å². The van der Waals surface area contributed by atoms with Gasteiger partial charge in [-0.15, -0.1) is 0 Å². The van der Waals surface area contributed by atoms with Gasteiger partial charge in [-0.25, -0.2) is 0 Å². The zero-order valence-electron chi connectivity index (χ0n) is 7.23. The third-order valence-corrected chi connectivity index (χ3v) is 2.08. The van der Waals surface area contributed by atoms with Crippen molar-refractivity contribution in [2.75, 3.05) is 6.61 Å². The highest BCUT2D eigenvalue weighted by Crippen LogP contribution is 2.29. The summed E-state index contributed by atoms with van der Waals surface area (Å²) in [6.45, 7) is 0.723. The first-order valence-corrected chi connectivity index (χ1v) is 4.37. The molecule has 1 saturated carbocycles. The van der Waals surface area contributed by atoms with E-state index < -0.39 is 0 Å². The molecule has 0 radical (unpaired) electrons. The van der Waals surface area contributed by atoms with E-state index in [0.29, 0.717) is 17.2 Å². The smallest absolute Gasteiger partial charge is 0.155 e. The van der Waals surface area contributed by atoms with Gasteiger partial charge < -0.3 is 4.74 Å². The second-order valence-corrected chi connectivity index (χ2v) is 3.24. The number of hydrogen-bond acceptors (Lipinski definition) is 3. The van der Waals surface area contributed by atoms with Gasteiger partial charge in [-0.3, -0.25) is 4.98 Å². The zero-order valence-corrected chi connectivity index (χ0v) is 7.23. The predicted octanol–water partition coefficient (Wildman–Crippen LogP) is 1.74. The van der Waals surface area contributed by atoms with E-state index >= 15 is 0 Å². The zero-order chi connectivity index (χ0) is 9.10. The summed E-state index contributed by atoms with van der Waals surface area (Å²) in [6, 6.07) is 3.74. The van der Waals surface area contributed by atoms with E-state index in [0.717, 1.165) is 6.61 Å². The van der Waals surface area contributed by atoms with Crippen molar-refractivity contribution in [3.63, 3.8) is 0 Å². The Labute approximate surface area is 77.0 Å². The van der Waals surface area contributed by atoms with E-state index in [4.69, 9.17) is 10.00 Å². The van der Waals surface area contributed by atoms with Crippen LogP contribution in [0.25, 0.3) is 0 Å². The lowest BCUT2D eigenvalue weighted by atomic mass is 10.3. The minimum atomic E-state index is 0.565. The number of pyridine rings is 1. The van der Waals surface area contributed by atoms with Gasteiger partial charge in [0.2, 0.25) is 0 Å². The van der Waals surface area contributed by atoms with E-state index in [1.54, 1.807) is 18.5 Å². The maximum Gasteiger partial charge on any atom is 0.155 e. The van der Waals surface area contributed by atoms with Crippen LogP contribution in [0.1, 0.15) is 18.4 Å². The quantitative estimate of drug-likeness (QED) is 0.701. The average Bonchev–Trinajstić information content (AvgIpc) is 2.99. The molecule has 0 spiro atoms. The average molecular weight is 174 g/mol. The molecule has 0 atom stereocenters. The molecule has 0 unspecified atom stereocenters. The number of aromatic nitrogens is 1. The van der Waals surface area contributed by atoms with Crippen LogP contribution >= 0.6 is 0 Å². The van der Waals surface area contributed by atoms with Crippen LogP contribution in [0.15, 0.2) is 18.5 Å². The normalized spacial score (nSPS) is 15.0. The summed E-state index contributed by atoms with van der Waals surface area (Å²) in [7, 11) is 0. The molecule has 1 aliphatic rings. The molecule has 13 heavy (non-hydrogen) atoms. The molecule has 0 amide bonds. The van der Waals surface area contributed by atoms with Gasteiger partial charge in [0.25, 0.3) is 0 Å². The number of hydrogen-bond donors (Lipinski definition) is 0. The molecule has 3 heteroatoms. The third-order valence-electron chi connectivity index (χ3n) is 2.08. The van der Waals surface area contributed by atoms with E-state index in [2.05, 4.69) is 11.1 Å². The Morgan fingerprint density at radius 2 is 2.46 bits per heavy atom. The van der Waals surface area contributed by atoms with Crippen molar-refractivity contribution < 1.29 is 4.74 Å². The fourth-order valence-electron chi connectivity index (χ4n) is 1.08. The van der Waals surface area contributed by atoms with Crippen molar-refractivity contribution in [3.05, 3.63) is 24.0 Å². The molecule has 1 fully saturated rings. The molecular formula is C10H10N2O. The molecular weight excluding hydrogens is 164 g/mol. The molecule has 2 rings (SSSR count). The van der Waals surface area contributed by atoms with Crippen LogP contribution < -0.4 is 4.74 Å². The molecule has 66 valence electrons. The number of ether oxygens (including phenoxy) is 1. The molecule has 0 saturated heterocycles. The highest BCUT2D eigenvalue weighted by atomic mass is 16.5. The molecule has 3 nitrogen and oxygen atoms in total. The SMILES string of the molecule is N#Cc1ccncc1OCC1CC1. The first kappa shape index (κ1) is 8.06. The van der Waals surface area contributed by atoms with Crippen LogP contribution in [-0.4, -0.2) is 11.6 Å². The molecule has 1 aliphatic carbocycles. The standard InChI is InChI=1S/C10H10N2O/c11-5-9-3-4-12-6-10(9)13-7-8-1-2-8/h3-4,6,8H,1-2,7H2. The Kier molecular flexibility index (Phi) is 2.13. The Balaban J connectivity index is 2.05. The molecule has 1 aromatic rings. The van der Waals surface area contributed by atoms with Gasteiger partial charge in [0.15, 0.2) is 5.75 Å². The van der Waals surface area contributed by atoms with Crippen LogP contribution in [0.2, 0.25) is 0 Å². The predicted molar refractivity (Wildman–Crippen MR) is 47.2 cm³/mol. The summed E-state index contributed by atoms with van der Waals surface area (Å²) in [5.74, 6) is 1.31. The lowest BCUT2D eigenvalue weighted by molar-refractivity contribution is 0.298. The molecule has 0 aliphatic heterocycles. The first-order chi connectivity index (χ1) is 6.40. The minimum absolute atomic E-state index is 0.565. The molecule has 1 aromatic heterocycles. The summed E-state index contributed by atoms with van der Waals surface area (Å²) in [5, 5.41) is 8.74. The number of rotatable bonds is 3. The second-order valence-electron chi connectivity index (χ2n) is 3.24. The monoisotopic (exact) mass is 174 g/mol. The summed E-state index contributed by atoms with van der Waals surface area (Å²) >= 11 is 0. The summed E-state index contributed by atoms with van der Waals surface area (Å²) < 4.78 is 5.47. The Bertz CT molecular complexity index is 339. The van der Waals surface area contributed by atoms with E-state index in [1.165, 1.54) is 12.8 Å². The minimum Gasteiger partial charge on any atom is -0.490 e. The fourth-order valence-corrected chi connectivity index (χ4v) is 1.08. The Morgan fingerprint density at radius 3 is 3.15 bits per heavy atom. The van der Waals surface area contributed by atoms with E-state index in [1.807, 2.05) is 0 Å². The van der Waals surface area contributed by atoms with Gasteiger partial charge in [-0.2, -0.15) is 5.26 Å². The van der Waals surface area contributed by atoms with Crippen LogP contribution in [0.4, 0.5) is 0 Å². The highest BCUT2D eigenvalue weighted by Gasteiger charge is 2.22. The maximum absolute atomic E-state index is 8.74. The van der Waals surface area contributed by atoms with Gasteiger partial charge in [-0.1, -0.05) is 0 Å². The second kappa shape index (κ2) is 3.44. The van der Waals surface area contributed by atoms with Crippen molar-refractivity contribution >= 4 is 0 Å².